The topological polar surface area (TPSA) is 98.3 Å². The molecule has 98 valence electrons. The van der Waals surface area contributed by atoms with Gasteiger partial charge in [0.1, 0.15) is 11.4 Å². The van der Waals surface area contributed by atoms with Crippen molar-refractivity contribution in [3.05, 3.63) is 39.7 Å². The highest BCUT2D eigenvalue weighted by molar-refractivity contribution is 5.98. The lowest BCUT2D eigenvalue weighted by atomic mass is 10.1. The van der Waals surface area contributed by atoms with Crippen LogP contribution in [0, 0.1) is 15.9 Å². The molecule has 0 aromatic heterocycles. The lowest BCUT2D eigenvalue weighted by molar-refractivity contribution is -0.385. The van der Waals surface area contributed by atoms with Crippen molar-refractivity contribution < 1.29 is 14.1 Å². The van der Waals surface area contributed by atoms with Gasteiger partial charge in [-0.2, -0.15) is 0 Å². The summed E-state index contributed by atoms with van der Waals surface area (Å²) in [5.41, 5.74) is 4.61. The Bertz CT molecular complexity index is 451. The summed E-state index contributed by atoms with van der Waals surface area (Å²) in [5, 5.41) is 13.2. The van der Waals surface area contributed by atoms with E-state index in [0.717, 1.165) is 24.6 Å². The second-order valence-corrected chi connectivity index (χ2v) is 3.67. The van der Waals surface area contributed by atoms with Gasteiger partial charge in [-0.1, -0.05) is 0 Å². The van der Waals surface area contributed by atoms with E-state index in [9.17, 15) is 19.3 Å². The van der Waals surface area contributed by atoms with E-state index >= 15 is 0 Å². The Labute approximate surface area is 103 Å². The van der Waals surface area contributed by atoms with Gasteiger partial charge in [-0.15, -0.1) is 0 Å². The Kier molecular flexibility index (Phi) is 5.19. The van der Waals surface area contributed by atoms with Gasteiger partial charge in [-0.25, -0.2) is 4.39 Å². The van der Waals surface area contributed by atoms with Gasteiger partial charge >= 0.3 is 0 Å². The standard InChI is InChI=1S/C11H14FN3O3/c12-8-3-4-10(15(17)18)9(7-8)11(16)14-6-2-1-5-13/h3-4,7H,1-2,5-6,13H2,(H,14,16). The molecule has 0 unspecified atom stereocenters. The quantitative estimate of drug-likeness (QED) is 0.453. The van der Waals surface area contributed by atoms with Crippen molar-refractivity contribution in [2.75, 3.05) is 13.1 Å². The first kappa shape index (κ1) is 14.0. The van der Waals surface area contributed by atoms with Gasteiger partial charge in [0.25, 0.3) is 11.6 Å². The number of halogens is 1. The number of rotatable bonds is 6. The normalized spacial score (nSPS) is 10.1. The van der Waals surface area contributed by atoms with E-state index in [1.54, 1.807) is 0 Å². The van der Waals surface area contributed by atoms with Crippen molar-refractivity contribution in [1.82, 2.24) is 5.32 Å². The molecule has 6 nitrogen and oxygen atoms in total. The zero-order chi connectivity index (χ0) is 13.5. The minimum absolute atomic E-state index is 0.271. The number of nitro benzene ring substituents is 1. The second-order valence-electron chi connectivity index (χ2n) is 3.67. The van der Waals surface area contributed by atoms with Gasteiger partial charge < -0.3 is 11.1 Å². The highest BCUT2D eigenvalue weighted by Crippen LogP contribution is 2.19. The Morgan fingerprint density at radius 2 is 2.17 bits per heavy atom. The van der Waals surface area contributed by atoms with Crippen LogP contribution in [0.3, 0.4) is 0 Å². The van der Waals surface area contributed by atoms with E-state index in [-0.39, 0.29) is 5.56 Å². The van der Waals surface area contributed by atoms with Crippen molar-refractivity contribution in [3.8, 4) is 0 Å². The first-order valence-corrected chi connectivity index (χ1v) is 5.48. The average Bonchev–Trinajstić information content (AvgIpc) is 2.34. The number of hydrogen-bond acceptors (Lipinski definition) is 4. The summed E-state index contributed by atoms with van der Waals surface area (Å²) in [4.78, 5) is 21.7. The number of nitrogens with zero attached hydrogens (tertiary/aromatic N) is 1. The fraction of sp³-hybridized carbons (Fsp3) is 0.364. The molecule has 1 amide bonds. The van der Waals surface area contributed by atoms with Gasteiger partial charge in [0.05, 0.1) is 4.92 Å². The molecule has 7 heteroatoms. The number of carbonyl (C=O) groups is 1. The summed E-state index contributed by atoms with van der Waals surface area (Å²) < 4.78 is 13.0. The van der Waals surface area contributed by atoms with E-state index in [0.29, 0.717) is 19.5 Å². The molecule has 0 saturated heterocycles. The van der Waals surface area contributed by atoms with Crippen LogP contribution in [0.15, 0.2) is 18.2 Å². The number of hydrogen-bond donors (Lipinski definition) is 2. The second kappa shape index (κ2) is 6.65. The zero-order valence-electron chi connectivity index (χ0n) is 9.69. The minimum atomic E-state index is -0.714. The van der Waals surface area contributed by atoms with Gasteiger partial charge in [-0.3, -0.25) is 14.9 Å². The maximum Gasteiger partial charge on any atom is 0.282 e. The lowest BCUT2D eigenvalue weighted by Crippen LogP contribution is -2.25. The van der Waals surface area contributed by atoms with Crippen LogP contribution < -0.4 is 11.1 Å². The molecular weight excluding hydrogens is 241 g/mol. The Balaban J connectivity index is 2.77. The van der Waals surface area contributed by atoms with Crippen LogP contribution in [-0.2, 0) is 0 Å². The van der Waals surface area contributed by atoms with Crippen LogP contribution >= 0.6 is 0 Å². The molecule has 0 aliphatic heterocycles. The molecule has 0 atom stereocenters. The molecule has 1 aromatic rings. The maximum absolute atomic E-state index is 13.0. The largest absolute Gasteiger partial charge is 0.352 e. The molecule has 3 N–H and O–H groups in total. The molecular formula is C11H14FN3O3. The summed E-state index contributed by atoms with van der Waals surface area (Å²) in [6, 6.07) is 2.78. The summed E-state index contributed by atoms with van der Waals surface area (Å²) >= 11 is 0. The average molecular weight is 255 g/mol. The fourth-order valence-corrected chi connectivity index (χ4v) is 1.42. The first-order valence-electron chi connectivity index (χ1n) is 5.48. The Morgan fingerprint density at radius 3 is 2.78 bits per heavy atom. The summed E-state index contributed by atoms with van der Waals surface area (Å²) in [6.45, 7) is 0.861. The van der Waals surface area contributed by atoms with Crippen LogP contribution in [0.2, 0.25) is 0 Å². The zero-order valence-corrected chi connectivity index (χ0v) is 9.69. The smallest absolute Gasteiger partial charge is 0.282 e. The van der Waals surface area contributed by atoms with Gasteiger partial charge in [-0.05, 0) is 31.5 Å². The number of amides is 1. The van der Waals surface area contributed by atoms with Crippen molar-refractivity contribution in [3.63, 3.8) is 0 Å². The van der Waals surface area contributed by atoms with Crippen LogP contribution in [0.4, 0.5) is 10.1 Å². The molecule has 0 saturated carbocycles. The third-order valence-corrected chi connectivity index (χ3v) is 2.32. The van der Waals surface area contributed by atoms with Gasteiger partial charge in [0, 0.05) is 12.6 Å². The van der Waals surface area contributed by atoms with Crippen LogP contribution in [0.5, 0.6) is 0 Å². The molecule has 1 rings (SSSR count). The molecule has 0 heterocycles. The van der Waals surface area contributed by atoms with Crippen molar-refractivity contribution in [2.24, 2.45) is 5.73 Å². The van der Waals surface area contributed by atoms with Crippen LogP contribution in [-0.4, -0.2) is 23.9 Å². The molecule has 0 fully saturated rings. The molecule has 0 bridgehead atoms. The van der Waals surface area contributed by atoms with Crippen LogP contribution in [0.25, 0.3) is 0 Å². The number of unbranched alkanes of at least 4 members (excludes halogenated alkanes) is 1. The number of nitro groups is 1. The lowest BCUT2D eigenvalue weighted by Gasteiger charge is -2.05. The number of nitrogens with two attached hydrogens (primary N) is 1. The van der Waals surface area contributed by atoms with Gasteiger partial charge in [0.15, 0.2) is 0 Å². The SMILES string of the molecule is NCCCCNC(=O)c1cc(F)ccc1[N+](=O)[O-]. The maximum atomic E-state index is 13.0. The van der Waals surface area contributed by atoms with Gasteiger partial charge in [0.2, 0.25) is 0 Å². The van der Waals surface area contributed by atoms with E-state index < -0.39 is 22.3 Å². The molecule has 1 aromatic carbocycles. The molecule has 0 radical (unpaired) electrons. The third kappa shape index (κ3) is 3.77. The molecule has 0 aliphatic carbocycles. The third-order valence-electron chi connectivity index (χ3n) is 2.32. The summed E-state index contributed by atoms with van der Waals surface area (Å²) in [7, 11) is 0. The first-order chi connectivity index (χ1) is 8.56. The fourth-order valence-electron chi connectivity index (χ4n) is 1.42. The Hall–Kier alpha value is -2.02. The molecule has 0 aliphatic rings. The summed E-state index contributed by atoms with van der Waals surface area (Å²) in [5.74, 6) is -1.34. The van der Waals surface area contributed by atoms with Crippen molar-refractivity contribution in [1.29, 1.82) is 0 Å². The highest BCUT2D eigenvalue weighted by Gasteiger charge is 2.20. The van der Waals surface area contributed by atoms with Crippen molar-refractivity contribution >= 4 is 11.6 Å². The highest BCUT2D eigenvalue weighted by atomic mass is 19.1. The van der Waals surface area contributed by atoms with Crippen molar-refractivity contribution in [2.45, 2.75) is 12.8 Å². The minimum Gasteiger partial charge on any atom is -0.352 e. The Morgan fingerprint density at radius 1 is 1.44 bits per heavy atom. The van der Waals surface area contributed by atoms with E-state index in [2.05, 4.69) is 5.32 Å². The molecule has 0 spiro atoms. The van der Waals surface area contributed by atoms with E-state index in [4.69, 9.17) is 5.73 Å². The van der Waals surface area contributed by atoms with Crippen LogP contribution in [0.1, 0.15) is 23.2 Å². The number of carbonyl (C=O) groups excluding carboxylic acids is 1. The number of nitrogens with one attached hydrogen (secondary N) is 1. The predicted molar refractivity (Wildman–Crippen MR) is 63.7 cm³/mol. The number of benzene rings is 1. The molecule has 18 heavy (non-hydrogen) atoms. The summed E-state index contributed by atoms with van der Waals surface area (Å²) in [6.07, 6.45) is 1.41. The van der Waals surface area contributed by atoms with E-state index in [1.165, 1.54) is 0 Å². The predicted octanol–water partition coefficient (Wildman–Crippen LogP) is 1.20. The van der Waals surface area contributed by atoms with E-state index in [1.807, 2.05) is 0 Å². The monoisotopic (exact) mass is 255 g/mol.